The lowest BCUT2D eigenvalue weighted by Crippen LogP contribution is -2.33. The maximum atomic E-state index is 12.2. The number of hydrogen-bond acceptors (Lipinski definition) is 5. The molecular formula is C22H29NO4S. The van der Waals surface area contributed by atoms with Gasteiger partial charge in [0.2, 0.25) is 5.91 Å². The van der Waals surface area contributed by atoms with Gasteiger partial charge < -0.3 is 14.7 Å². The topological polar surface area (TPSA) is 66.8 Å². The molecule has 0 bridgehead atoms. The van der Waals surface area contributed by atoms with Crippen molar-refractivity contribution >= 4 is 23.2 Å². The molecule has 3 atom stereocenters. The third-order valence-corrected chi connectivity index (χ3v) is 6.08. The van der Waals surface area contributed by atoms with E-state index < -0.39 is 6.10 Å². The Balaban J connectivity index is 1.86. The van der Waals surface area contributed by atoms with Gasteiger partial charge in [0.25, 0.3) is 0 Å². The lowest BCUT2D eigenvalue weighted by Gasteiger charge is -2.23. The molecule has 2 heterocycles. The number of nitrogens with zero attached hydrogens (tertiary/aromatic N) is 1. The highest BCUT2D eigenvalue weighted by molar-refractivity contribution is 7.13. The number of aryl methyl sites for hydroxylation is 1. The summed E-state index contributed by atoms with van der Waals surface area (Å²) in [4.78, 5) is 27.4. The van der Waals surface area contributed by atoms with Crippen LogP contribution in [0.2, 0.25) is 0 Å². The number of rotatable bonds is 9. The van der Waals surface area contributed by atoms with Crippen LogP contribution in [-0.4, -0.2) is 47.7 Å². The summed E-state index contributed by atoms with van der Waals surface area (Å²) in [5.41, 5.74) is 0. The second-order valence-electron chi connectivity index (χ2n) is 7.04. The molecule has 1 saturated heterocycles. The van der Waals surface area contributed by atoms with Crippen molar-refractivity contribution in [1.29, 1.82) is 0 Å². The van der Waals surface area contributed by atoms with Gasteiger partial charge in [0.05, 0.1) is 19.3 Å². The van der Waals surface area contributed by atoms with Crippen LogP contribution in [0.4, 0.5) is 0 Å². The normalized spacial score (nSPS) is 18.8. The molecule has 1 fully saturated rings. The molecular weight excluding hydrogens is 374 g/mol. The first-order valence-electron chi connectivity index (χ1n) is 9.68. The van der Waals surface area contributed by atoms with Gasteiger partial charge in [0.15, 0.2) is 0 Å². The number of esters is 1. The second-order valence-corrected chi connectivity index (χ2v) is 8.21. The molecule has 1 aliphatic rings. The van der Waals surface area contributed by atoms with Crippen molar-refractivity contribution in [3.63, 3.8) is 0 Å². The van der Waals surface area contributed by atoms with Crippen LogP contribution < -0.4 is 0 Å². The molecule has 0 aromatic carbocycles. The largest absolute Gasteiger partial charge is 0.465 e. The Morgan fingerprint density at radius 3 is 3.00 bits per heavy atom. The number of amides is 1. The molecule has 1 aliphatic heterocycles. The first-order chi connectivity index (χ1) is 13.5. The fourth-order valence-electron chi connectivity index (χ4n) is 3.21. The van der Waals surface area contributed by atoms with Gasteiger partial charge in [-0.3, -0.25) is 4.79 Å². The zero-order valence-corrected chi connectivity index (χ0v) is 17.6. The third kappa shape index (κ3) is 6.22. The summed E-state index contributed by atoms with van der Waals surface area (Å²) in [6.07, 6.45) is 6.86. The number of aliphatic hydroxyl groups is 1. The predicted octanol–water partition coefficient (Wildman–Crippen LogP) is 3.42. The van der Waals surface area contributed by atoms with Crippen molar-refractivity contribution in [2.45, 2.75) is 58.1 Å². The van der Waals surface area contributed by atoms with Gasteiger partial charge in [-0.05, 0) is 44.2 Å². The van der Waals surface area contributed by atoms with E-state index in [4.69, 9.17) is 4.74 Å². The van der Waals surface area contributed by atoms with Crippen LogP contribution in [0.1, 0.15) is 54.1 Å². The van der Waals surface area contributed by atoms with E-state index >= 15 is 0 Å². The van der Waals surface area contributed by atoms with E-state index in [2.05, 4.69) is 11.8 Å². The Hall–Kier alpha value is -2.10. The quantitative estimate of drug-likeness (QED) is 0.390. The molecule has 1 aromatic heterocycles. The Bertz CT molecular complexity index is 758. The van der Waals surface area contributed by atoms with Crippen molar-refractivity contribution in [1.82, 2.24) is 4.90 Å². The molecule has 1 N–H and O–H groups in total. The molecule has 2 rings (SSSR count). The molecule has 1 amide bonds. The molecule has 152 valence electrons. The van der Waals surface area contributed by atoms with Crippen LogP contribution in [-0.2, 0) is 16.0 Å². The molecule has 6 heteroatoms. The van der Waals surface area contributed by atoms with Crippen LogP contribution in [0, 0.1) is 17.8 Å². The summed E-state index contributed by atoms with van der Waals surface area (Å²) < 4.78 is 4.73. The summed E-state index contributed by atoms with van der Waals surface area (Å²) >= 11 is 1.44. The third-order valence-electron chi connectivity index (χ3n) is 4.96. The van der Waals surface area contributed by atoms with E-state index in [1.807, 2.05) is 24.0 Å². The standard InChI is InChI=1S/C22H29NO4S/c1-4-5-7-16(2)19(24)12-9-17-10-14-21(25)23(17)15-6-8-18-11-13-20(28-18)22(26)27-3/h9,11-13,16-17,19,24H,6-8,10,14-15H2,1-3H3/b12-9+/t16-,17-,19+/m0/s1. The number of ether oxygens (including phenoxy) is 1. The second kappa shape index (κ2) is 11.0. The summed E-state index contributed by atoms with van der Waals surface area (Å²) in [7, 11) is 1.38. The van der Waals surface area contributed by atoms with Gasteiger partial charge in [-0.15, -0.1) is 23.2 Å². The van der Waals surface area contributed by atoms with Gasteiger partial charge in [0.1, 0.15) is 4.88 Å². The zero-order valence-electron chi connectivity index (χ0n) is 16.8. The Morgan fingerprint density at radius 1 is 1.50 bits per heavy atom. The van der Waals surface area contributed by atoms with Crippen LogP contribution in [0.5, 0.6) is 0 Å². The number of methoxy groups -OCH3 is 1. The average Bonchev–Trinajstić information content (AvgIpc) is 3.31. The smallest absolute Gasteiger partial charge is 0.348 e. The van der Waals surface area contributed by atoms with E-state index in [0.717, 1.165) is 24.1 Å². The summed E-state index contributed by atoms with van der Waals surface area (Å²) in [6, 6.07) is 3.77. The maximum absolute atomic E-state index is 12.2. The minimum absolute atomic E-state index is 0.0422. The Kier molecular flexibility index (Phi) is 8.75. The van der Waals surface area contributed by atoms with E-state index in [1.54, 1.807) is 19.1 Å². The fourth-order valence-corrected chi connectivity index (χ4v) is 4.18. The van der Waals surface area contributed by atoms with Gasteiger partial charge in [-0.25, -0.2) is 4.79 Å². The zero-order chi connectivity index (χ0) is 20.5. The maximum Gasteiger partial charge on any atom is 0.348 e. The molecule has 0 unspecified atom stereocenters. The van der Waals surface area contributed by atoms with Gasteiger partial charge >= 0.3 is 5.97 Å². The first kappa shape index (κ1) is 22.2. The monoisotopic (exact) mass is 403 g/mol. The molecule has 0 spiro atoms. The van der Waals surface area contributed by atoms with Crippen molar-refractivity contribution < 1.29 is 19.4 Å². The van der Waals surface area contributed by atoms with Gasteiger partial charge in [0, 0.05) is 24.3 Å². The van der Waals surface area contributed by atoms with E-state index in [1.165, 1.54) is 18.4 Å². The summed E-state index contributed by atoms with van der Waals surface area (Å²) in [6.45, 7) is 4.44. The van der Waals surface area contributed by atoms with Crippen LogP contribution in [0.15, 0.2) is 24.3 Å². The highest BCUT2D eigenvalue weighted by atomic mass is 32.1. The molecule has 0 saturated carbocycles. The van der Waals surface area contributed by atoms with Crippen molar-refractivity contribution in [3.8, 4) is 11.8 Å². The van der Waals surface area contributed by atoms with Gasteiger partial charge in [-0.2, -0.15) is 0 Å². The molecule has 0 radical (unpaired) electrons. The molecule has 0 aliphatic carbocycles. The number of carbonyl (C=O) groups excluding carboxylic acids is 2. The Labute approximate surface area is 171 Å². The lowest BCUT2D eigenvalue weighted by molar-refractivity contribution is -0.128. The summed E-state index contributed by atoms with van der Waals surface area (Å²) in [5, 5.41) is 10.3. The highest BCUT2D eigenvalue weighted by Crippen LogP contribution is 2.23. The van der Waals surface area contributed by atoms with Gasteiger partial charge in [-0.1, -0.05) is 19.1 Å². The van der Waals surface area contributed by atoms with Crippen molar-refractivity contribution in [2.75, 3.05) is 13.7 Å². The average molecular weight is 404 g/mol. The van der Waals surface area contributed by atoms with Crippen molar-refractivity contribution in [3.05, 3.63) is 34.0 Å². The highest BCUT2D eigenvalue weighted by Gasteiger charge is 2.28. The minimum Gasteiger partial charge on any atom is -0.465 e. The van der Waals surface area contributed by atoms with Crippen LogP contribution >= 0.6 is 11.3 Å². The Morgan fingerprint density at radius 2 is 2.29 bits per heavy atom. The molecule has 28 heavy (non-hydrogen) atoms. The number of hydrogen-bond donors (Lipinski definition) is 1. The minimum atomic E-state index is -0.554. The summed E-state index contributed by atoms with van der Waals surface area (Å²) in [5.74, 6) is 5.76. The first-order valence-corrected chi connectivity index (χ1v) is 10.5. The SMILES string of the molecule is CC#CC[C@H](C)[C@H](O)/C=C/[C@H]1CCC(=O)N1CCCc1ccc(C(=O)OC)s1. The molecule has 1 aromatic rings. The van der Waals surface area contributed by atoms with E-state index in [-0.39, 0.29) is 23.8 Å². The fraction of sp³-hybridized carbons (Fsp3) is 0.545. The van der Waals surface area contributed by atoms with Crippen molar-refractivity contribution in [2.24, 2.45) is 5.92 Å². The predicted molar refractivity (Wildman–Crippen MR) is 111 cm³/mol. The van der Waals surface area contributed by atoms with Crippen LogP contribution in [0.3, 0.4) is 0 Å². The number of aliphatic hydroxyl groups excluding tert-OH is 1. The lowest BCUT2D eigenvalue weighted by atomic mass is 10.00. The number of thiophene rings is 1. The van der Waals surface area contributed by atoms with E-state index in [0.29, 0.717) is 24.3 Å². The molecule has 5 nitrogen and oxygen atoms in total. The van der Waals surface area contributed by atoms with Crippen LogP contribution in [0.25, 0.3) is 0 Å². The van der Waals surface area contributed by atoms with E-state index in [9.17, 15) is 14.7 Å². The number of carbonyl (C=O) groups is 2. The number of likely N-dealkylation sites (tertiary alicyclic amines) is 1.